The fraction of sp³-hybridized carbons (Fsp3) is 0.214. The van der Waals surface area contributed by atoms with Crippen molar-refractivity contribution in [2.45, 2.75) is 6.92 Å². The lowest BCUT2D eigenvalue weighted by molar-refractivity contribution is -0.120. The Hall–Kier alpha value is -1.92. The maximum atomic E-state index is 11.9. The summed E-state index contributed by atoms with van der Waals surface area (Å²) in [6, 6.07) is 7.27. The van der Waals surface area contributed by atoms with Gasteiger partial charge in [0.1, 0.15) is 10.7 Å². The zero-order valence-corrected chi connectivity index (χ0v) is 12.9. The number of thiazole rings is 1. The molecule has 0 saturated heterocycles. The Kier molecular flexibility index (Phi) is 5.30. The summed E-state index contributed by atoms with van der Waals surface area (Å²) in [6.45, 7) is 2.29. The van der Waals surface area contributed by atoms with Crippen molar-refractivity contribution in [2.24, 2.45) is 0 Å². The molecule has 21 heavy (non-hydrogen) atoms. The summed E-state index contributed by atoms with van der Waals surface area (Å²) in [5.74, 6) is -0.595. The van der Waals surface area contributed by atoms with Crippen LogP contribution < -0.4 is 10.6 Å². The summed E-state index contributed by atoms with van der Waals surface area (Å²) in [6.07, 6.45) is 0. The summed E-state index contributed by atoms with van der Waals surface area (Å²) in [5.41, 5.74) is 1.15. The molecular formula is C14H14ClN3O2S. The van der Waals surface area contributed by atoms with Crippen LogP contribution in [0.4, 0.5) is 0 Å². The molecule has 1 aromatic carbocycles. The van der Waals surface area contributed by atoms with Gasteiger partial charge in [0.05, 0.1) is 6.54 Å². The van der Waals surface area contributed by atoms with Gasteiger partial charge in [-0.1, -0.05) is 23.7 Å². The lowest BCUT2D eigenvalue weighted by Gasteiger charge is -2.03. The van der Waals surface area contributed by atoms with E-state index in [9.17, 15) is 9.59 Å². The predicted octanol–water partition coefficient (Wildman–Crippen LogP) is 2.33. The van der Waals surface area contributed by atoms with Crippen LogP contribution in [0.15, 0.2) is 29.6 Å². The van der Waals surface area contributed by atoms with Gasteiger partial charge in [0, 0.05) is 22.5 Å². The maximum Gasteiger partial charge on any atom is 0.271 e. The second kappa shape index (κ2) is 7.19. The molecule has 0 radical (unpaired) electrons. The Morgan fingerprint density at radius 3 is 2.86 bits per heavy atom. The second-order valence-electron chi connectivity index (χ2n) is 4.18. The lowest BCUT2D eigenvalue weighted by atomic mass is 10.2. The summed E-state index contributed by atoms with van der Waals surface area (Å²) in [5, 5.41) is 8.11. The van der Waals surface area contributed by atoms with Crippen LogP contribution in [-0.2, 0) is 4.79 Å². The molecule has 0 unspecified atom stereocenters. The van der Waals surface area contributed by atoms with E-state index in [0.717, 1.165) is 5.56 Å². The molecule has 0 aliphatic rings. The summed E-state index contributed by atoms with van der Waals surface area (Å²) >= 11 is 7.28. The zero-order valence-electron chi connectivity index (χ0n) is 11.4. The fourth-order valence-electron chi connectivity index (χ4n) is 1.64. The van der Waals surface area contributed by atoms with Gasteiger partial charge in [-0.25, -0.2) is 4.98 Å². The molecular weight excluding hydrogens is 310 g/mol. The van der Waals surface area contributed by atoms with Crippen molar-refractivity contribution in [3.8, 4) is 10.6 Å². The minimum Gasteiger partial charge on any atom is -0.355 e. The number of amides is 2. The van der Waals surface area contributed by atoms with E-state index in [0.29, 0.717) is 22.3 Å². The highest BCUT2D eigenvalue weighted by atomic mass is 35.5. The first kappa shape index (κ1) is 15.5. The van der Waals surface area contributed by atoms with Crippen LogP contribution in [-0.4, -0.2) is 29.9 Å². The molecule has 0 atom stereocenters. The van der Waals surface area contributed by atoms with Crippen molar-refractivity contribution in [3.05, 3.63) is 40.4 Å². The lowest BCUT2D eigenvalue weighted by Crippen LogP contribution is -2.36. The first-order valence-electron chi connectivity index (χ1n) is 6.36. The number of carbonyl (C=O) groups excluding carboxylic acids is 2. The Labute approximate surface area is 131 Å². The van der Waals surface area contributed by atoms with Gasteiger partial charge in [0.25, 0.3) is 5.91 Å². The topological polar surface area (TPSA) is 71.1 Å². The number of carbonyl (C=O) groups is 2. The van der Waals surface area contributed by atoms with Crippen molar-refractivity contribution >= 4 is 34.8 Å². The summed E-state index contributed by atoms with van der Waals surface area (Å²) in [4.78, 5) is 27.4. The summed E-state index contributed by atoms with van der Waals surface area (Å²) < 4.78 is 0. The van der Waals surface area contributed by atoms with Crippen molar-refractivity contribution in [2.75, 3.05) is 13.1 Å². The van der Waals surface area contributed by atoms with Crippen LogP contribution in [0.3, 0.4) is 0 Å². The monoisotopic (exact) mass is 323 g/mol. The molecule has 1 heterocycles. The van der Waals surface area contributed by atoms with Crippen molar-refractivity contribution in [3.63, 3.8) is 0 Å². The van der Waals surface area contributed by atoms with E-state index in [-0.39, 0.29) is 18.4 Å². The number of halogens is 1. The van der Waals surface area contributed by atoms with Gasteiger partial charge in [-0.2, -0.15) is 0 Å². The Morgan fingerprint density at radius 1 is 1.33 bits per heavy atom. The molecule has 7 heteroatoms. The molecule has 0 aliphatic carbocycles. The number of likely N-dealkylation sites (N-methyl/N-ethyl adjacent to an activating group) is 1. The molecule has 0 aliphatic heterocycles. The standard InChI is InChI=1S/C14H14ClN3O2S/c1-2-16-12(19)7-17-13(20)11-8-21-14(18-11)9-4-3-5-10(15)6-9/h3-6,8H,2,7H2,1H3,(H,16,19)(H,17,20). The number of hydrogen-bond acceptors (Lipinski definition) is 4. The third-order valence-electron chi connectivity index (χ3n) is 2.59. The highest BCUT2D eigenvalue weighted by Crippen LogP contribution is 2.25. The zero-order chi connectivity index (χ0) is 15.2. The van der Waals surface area contributed by atoms with E-state index < -0.39 is 0 Å². The van der Waals surface area contributed by atoms with Gasteiger partial charge in [-0.3, -0.25) is 9.59 Å². The van der Waals surface area contributed by atoms with Gasteiger partial charge in [0.2, 0.25) is 5.91 Å². The van der Waals surface area contributed by atoms with Gasteiger partial charge in [0.15, 0.2) is 0 Å². The summed E-state index contributed by atoms with van der Waals surface area (Å²) in [7, 11) is 0. The van der Waals surface area contributed by atoms with Crippen molar-refractivity contribution < 1.29 is 9.59 Å². The number of hydrogen-bond donors (Lipinski definition) is 2. The number of nitrogens with one attached hydrogen (secondary N) is 2. The molecule has 2 aromatic rings. The van der Waals surface area contributed by atoms with Gasteiger partial charge in [-0.15, -0.1) is 11.3 Å². The molecule has 0 spiro atoms. The molecule has 0 bridgehead atoms. The number of aromatic nitrogens is 1. The van der Waals surface area contributed by atoms with E-state index in [2.05, 4.69) is 15.6 Å². The SMILES string of the molecule is CCNC(=O)CNC(=O)c1csc(-c2cccc(Cl)c2)n1. The Bertz CT molecular complexity index is 657. The minimum absolute atomic E-state index is 0.0588. The smallest absolute Gasteiger partial charge is 0.271 e. The van der Waals surface area contributed by atoms with E-state index in [1.165, 1.54) is 11.3 Å². The Morgan fingerprint density at radius 2 is 2.14 bits per heavy atom. The van der Waals surface area contributed by atoms with Crippen molar-refractivity contribution in [1.29, 1.82) is 0 Å². The quantitative estimate of drug-likeness (QED) is 0.887. The van der Waals surface area contributed by atoms with Crippen LogP contribution in [0, 0.1) is 0 Å². The third-order valence-corrected chi connectivity index (χ3v) is 3.72. The molecule has 2 amide bonds. The number of nitrogens with zero attached hydrogens (tertiary/aromatic N) is 1. The fourth-order valence-corrected chi connectivity index (χ4v) is 2.63. The molecule has 1 aromatic heterocycles. The van der Waals surface area contributed by atoms with E-state index in [1.807, 2.05) is 19.1 Å². The second-order valence-corrected chi connectivity index (χ2v) is 5.48. The van der Waals surface area contributed by atoms with Gasteiger partial charge in [-0.05, 0) is 19.1 Å². The van der Waals surface area contributed by atoms with Crippen LogP contribution in [0.5, 0.6) is 0 Å². The Balaban J connectivity index is 2.02. The highest BCUT2D eigenvalue weighted by Gasteiger charge is 2.12. The molecule has 0 fully saturated rings. The molecule has 5 nitrogen and oxygen atoms in total. The average Bonchev–Trinajstić information content (AvgIpc) is 2.95. The predicted molar refractivity (Wildman–Crippen MR) is 83.6 cm³/mol. The molecule has 110 valence electrons. The maximum absolute atomic E-state index is 11.9. The van der Waals surface area contributed by atoms with Gasteiger partial charge >= 0.3 is 0 Å². The van der Waals surface area contributed by atoms with E-state index in [4.69, 9.17) is 11.6 Å². The van der Waals surface area contributed by atoms with Crippen LogP contribution in [0.25, 0.3) is 10.6 Å². The molecule has 2 N–H and O–H groups in total. The van der Waals surface area contributed by atoms with Crippen LogP contribution in [0.1, 0.15) is 17.4 Å². The molecule has 0 saturated carbocycles. The van der Waals surface area contributed by atoms with Crippen LogP contribution in [0.2, 0.25) is 5.02 Å². The first-order chi connectivity index (χ1) is 10.1. The minimum atomic E-state index is -0.370. The average molecular weight is 324 g/mol. The van der Waals surface area contributed by atoms with E-state index in [1.54, 1.807) is 17.5 Å². The largest absolute Gasteiger partial charge is 0.355 e. The van der Waals surface area contributed by atoms with E-state index >= 15 is 0 Å². The normalized spacial score (nSPS) is 10.2. The van der Waals surface area contributed by atoms with Gasteiger partial charge < -0.3 is 10.6 Å². The third kappa shape index (κ3) is 4.27. The van der Waals surface area contributed by atoms with Crippen molar-refractivity contribution in [1.82, 2.24) is 15.6 Å². The first-order valence-corrected chi connectivity index (χ1v) is 7.62. The highest BCUT2D eigenvalue weighted by molar-refractivity contribution is 7.13. The van der Waals surface area contributed by atoms with Crippen LogP contribution >= 0.6 is 22.9 Å². The number of benzene rings is 1. The molecule has 2 rings (SSSR count). The number of rotatable bonds is 5.